The lowest BCUT2D eigenvalue weighted by Gasteiger charge is -2.37. The summed E-state index contributed by atoms with van der Waals surface area (Å²) in [5.74, 6) is 0.256. The fraction of sp³-hybridized carbons (Fsp3) is 0.786. The summed E-state index contributed by atoms with van der Waals surface area (Å²) in [6, 6.07) is -0.143. The molecule has 1 aliphatic heterocycles. The van der Waals surface area contributed by atoms with Crippen LogP contribution in [0.4, 0.5) is 0 Å². The van der Waals surface area contributed by atoms with E-state index in [1.165, 1.54) is 0 Å². The van der Waals surface area contributed by atoms with Gasteiger partial charge in [-0.1, -0.05) is 20.4 Å². The lowest BCUT2D eigenvalue weighted by Crippen LogP contribution is -2.44. The fourth-order valence-corrected chi connectivity index (χ4v) is 7.33. The van der Waals surface area contributed by atoms with Crippen LogP contribution in [0.25, 0.3) is 0 Å². The second-order valence-electron chi connectivity index (χ2n) is 7.00. The molecular weight excluding hydrogens is 262 g/mol. The van der Waals surface area contributed by atoms with E-state index in [1.807, 2.05) is 0 Å². The highest BCUT2D eigenvalue weighted by molar-refractivity contribution is 7.90. The molecule has 3 atom stereocenters. The molecule has 0 aromatic carbocycles. The molecule has 0 aromatic heterocycles. The lowest BCUT2D eigenvalue weighted by atomic mass is 9.69. The van der Waals surface area contributed by atoms with Crippen LogP contribution >= 0.6 is 0 Å². The molecule has 2 aliphatic carbocycles. The third-order valence-electron chi connectivity index (χ3n) is 5.98. The lowest BCUT2D eigenvalue weighted by molar-refractivity contribution is -0.125. The third-order valence-corrected chi connectivity index (χ3v) is 7.88. The topological polar surface area (TPSA) is 54.5 Å². The fourth-order valence-electron chi connectivity index (χ4n) is 4.74. The Bertz CT molecular complexity index is 577. The Balaban J connectivity index is 2.12. The molecular formula is C14H21NO3S. The first-order valence-corrected chi connectivity index (χ1v) is 8.46. The minimum Gasteiger partial charge on any atom is -0.268 e. The number of carbonyl (C=O) groups is 1. The summed E-state index contributed by atoms with van der Waals surface area (Å²) in [4.78, 5) is 12.2. The number of sulfonamides is 1. The van der Waals surface area contributed by atoms with Crippen molar-refractivity contribution in [3.63, 3.8) is 0 Å². The molecule has 1 spiro atoms. The van der Waals surface area contributed by atoms with Crippen LogP contribution in [0.3, 0.4) is 0 Å². The number of hydrogen-bond donors (Lipinski definition) is 0. The summed E-state index contributed by atoms with van der Waals surface area (Å²) in [5.41, 5.74) is 0.0809. The number of carbonyl (C=O) groups excluding carboxylic acids is 1. The van der Waals surface area contributed by atoms with Crippen molar-refractivity contribution in [2.24, 2.45) is 16.7 Å². The maximum atomic E-state index is 12.5. The average molecular weight is 283 g/mol. The van der Waals surface area contributed by atoms with E-state index < -0.39 is 15.9 Å². The molecule has 0 aromatic rings. The maximum Gasteiger partial charge on any atom is 0.262 e. The predicted molar refractivity (Wildman–Crippen MR) is 72.8 cm³/mol. The van der Waals surface area contributed by atoms with Crippen LogP contribution in [-0.2, 0) is 14.8 Å². The highest BCUT2D eigenvalue weighted by atomic mass is 32.2. The van der Waals surface area contributed by atoms with Gasteiger partial charge in [-0.3, -0.25) is 4.79 Å². The van der Waals surface area contributed by atoms with Gasteiger partial charge in [-0.25, -0.2) is 12.7 Å². The Morgan fingerprint density at radius 1 is 1.37 bits per heavy atom. The molecule has 0 radical (unpaired) electrons. The van der Waals surface area contributed by atoms with E-state index in [-0.39, 0.29) is 22.6 Å². The van der Waals surface area contributed by atoms with Gasteiger partial charge in [0.2, 0.25) is 10.0 Å². The normalized spacial score (nSPS) is 41.3. The van der Waals surface area contributed by atoms with Crippen LogP contribution in [0, 0.1) is 16.7 Å². The van der Waals surface area contributed by atoms with Crippen molar-refractivity contribution in [3.05, 3.63) is 12.2 Å². The molecule has 1 unspecified atom stereocenters. The van der Waals surface area contributed by atoms with Gasteiger partial charge >= 0.3 is 0 Å². The standard InChI is InChI=1S/C14H21NO3S/c1-9(2)12(16)15-11-7-10-5-6-14(11,13(10,3)4)8-19(15,17)18/h10-11H,1,5-8H2,2-4H3/t10-,11-,14?/m1/s1. The Labute approximate surface area is 114 Å². The van der Waals surface area contributed by atoms with Crippen LogP contribution in [0.2, 0.25) is 0 Å². The van der Waals surface area contributed by atoms with Crippen molar-refractivity contribution in [1.82, 2.24) is 4.31 Å². The summed E-state index contributed by atoms with van der Waals surface area (Å²) in [6.07, 6.45) is 2.84. The number of rotatable bonds is 1. The molecule has 1 amide bonds. The Morgan fingerprint density at radius 2 is 2.00 bits per heavy atom. The zero-order valence-corrected chi connectivity index (χ0v) is 12.6. The molecule has 3 aliphatic rings. The highest BCUT2D eigenvalue weighted by Gasteiger charge is 2.72. The molecule has 19 heavy (non-hydrogen) atoms. The van der Waals surface area contributed by atoms with E-state index in [0.717, 1.165) is 23.6 Å². The summed E-state index contributed by atoms with van der Waals surface area (Å²) in [6.45, 7) is 9.56. The predicted octanol–water partition coefficient (Wildman–Crippen LogP) is 1.93. The van der Waals surface area contributed by atoms with Gasteiger partial charge in [0.05, 0.1) is 11.8 Å². The maximum absolute atomic E-state index is 12.5. The average Bonchev–Trinajstić information content (AvgIpc) is 2.74. The molecule has 3 fully saturated rings. The first-order chi connectivity index (χ1) is 8.63. The van der Waals surface area contributed by atoms with Gasteiger partial charge in [0.15, 0.2) is 0 Å². The number of nitrogens with zero attached hydrogens (tertiary/aromatic N) is 1. The van der Waals surface area contributed by atoms with Gasteiger partial charge < -0.3 is 0 Å². The zero-order valence-electron chi connectivity index (χ0n) is 11.8. The van der Waals surface area contributed by atoms with Gasteiger partial charge in [0.25, 0.3) is 5.91 Å². The minimum absolute atomic E-state index is 0.00877. The van der Waals surface area contributed by atoms with Gasteiger partial charge in [-0.2, -0.15) is 0 Å². The first kappa shape index (κ1) is 13.2. The number of hydrogen-bond acceptors (Lipinski definition) is 3. The monoisotopic (exact) mass is 283 g/mol. The quantitative estimate of drug-likeness (QED) is 0.691. The van der Waals surface area contributed by atoms with Crippen LogP contribution < -0.4 is 0 Å². The Morgan fingerprint density at radius 3 is 2.53 bits per heavy atom. The van der Waals surface area contributed by atoms with E-state index in [0.29, 0.717) is 11.5 Å². The first-order valence-electron chi connectivity index (χ1n) is 6.85. The van der Waals surface area contributed by atoms with E-state index in [1.54, 1.807) is 6.92 Å². The Hall–Kier alpha value is -0.840. The summed E-state index contributed by atoms with van der Waals surface area (Å²) in [7, 11) is -3.48. The number of fused-ring (bicyclic) bond motifs is 1. The molecule has 5 heteroatoms. The summed E-state index contributed by atoms with van der Waals surface area (Å²) < 4.78 is 26.1. The largest absolute Gasteiger partial charge is 0.268 e. The molecule has 4 nitrogen and oxygen atoms in total. The van der Waals surface area contributed by atoms with E-state index >= 15 is 0 Å². The second-order valence-corrected chi connectivity index (χ2v) is 8.85. The molecule has 1 heterocycles. The van der Waals surface area contributed by atoms with Gasteiger partial charge in [-0.15, -0.1) is 0 Å². The van der Waals surface area contributed by atoms with Gasteiger partial charge in [-0.05, 0) is 37.5 Å². The molecule has 3 rings (SSSR count). The summed E-state index contributed by atoms with van der Waals surface area (Å²) in [5, 5.41) is 0. The SMILES string of the molecule is C=C(C)C(=O)N1[C@@H]2C[C@H]3CCC2(CS1(=O)=O)C3(C)C. The van der Waals surface area contributed by atoms with Crippen molar-refractivity contribution in [3.8, 4) is 0 Å². The van der Waals surface area contributed by atoms with Crippen LogP contribution in [0.5, 0.6) is 0 Å². The van der Waals surface area contributed by atoms with Crippen molar-refractivity contribution < 1.29 is 13.2 Å². The zero-order chi connectivity index (χ0) is 14.2. The minimum atomic E-state index is -3.48. The molecule has 0 N–H and O–H groups in total. The van der Waals surface area contributed by atoms with Gasteiger partial charge in [0, 0.05) is 11.0 Å². The number of amides is 1. The highest BCUT2D eigenvalue weighted by Crippen LogP contribution is 2.70. The molecule has 106 valence electrons. The third kappa shape index (κ3) is 1.34. The molecule has 1 saturated heterocycles. The van der Waals surface area contributed by atoms with Crippen LogP contribution in [0.1, 0.15) is 40.0 Å². The van der Waals surface area contributed by atoms with Crippen molar-refractivity contribution in [1.29, 1.82) is 0 Å². The van der Waals surface area contributed by atoms with E-state index in [9.17, 15) is 13.2 Å². The van der Waals surface area contributed by atoms with Crippen molar-refractivity contribution in [2.75, 3.05) is 5.75 Å². The van der Waals surface area contributed by atoms with Gasteiger partial charge in [0.1, 0.15) is 0 Å². The van der Waals surface area contributed by atoms with Crippen molar-refractivity contribution in [2.45, 2.75) is 46.1 Å². The smallest absolute Gasteiger partial charge is 0.262 e. The Kier molecular flexibility index (Phi) is 2.37. The van der Waals surface area contributed by atoms with E-state index in [4.69, 9.17) is 0 Å². The molecule has 2 bridgehead atoms. The molecule has 2 saturated carbocycles. The van der Waals surface area contributed by atoms with Crippen molar-refractivity contribution >= 4 is 15.9 Å². The second kappa shape index (κ2) is 3.43. The van der Waals surface area contributed by atoms with Crippen LogP contribution in [-0.4, -0.2) is 30.4 Å². The van der Waals surface area contributed by atoms with Crippen LogP contribution in [0.15, 0.2) is 12.2 Å². The summed E-state index contributed by atoms with van der Waals surface area (Å²) >= 11 is 0. The van der Waals surface area contributed by atoms with E-state index in [2.05, 4.69) is 20.4 Å².